The number of hydrogen-bond donors (Lipinski definition) is 0. The summed E-state index contributed by atoms with van der Waals surface area (Å²) in [7, 11) is 1.55. The minimum atomic E-state index is 0. The molecule has 0 saturated heterocycles. The maximum absolute atomic E-state index is 4.77. The van der Waals surface area contributed by atoms with Gasteiger partial charge in [-0.15, -0.1) is 0 Å². The van der Waals surface area contributed by atoms with Crippen LogP contribution in [0.25, 0.3) is 0 Å². The first-order chi connectivity index (χ1) is 5.33. The van der Waals surface area contributed by atoms with Crippen molar-refractivity contribution in [2.45, 2.75) is 28.2 Å². The SMILES string of the molecule is C.CC.COc1nccc(C)n1. The van der Waals surface area contributed by atoms with Crippen LogP contribution in [-0.2, 0) is 0 Å². The Morgan fingerprint density at radius 3 is 2.25 bits per heavy atom. The lowest BCUT2D eigenvalue weighted by Crippen LogP contribution is -1.91. The van der Waals surface area contributed by atoms with Gasteiger partial charge in [0, 0.05) is 11.9 Å². The molecular weight excluding hydrogens is 152 g/mol. The van der Waals surface area contributed by atoms with E-state index < -0.39 is 0 Å². The Morgan fingerprint density at radius 1 is 1.33 bits per heavy atom. The van der Waals surface area contributed by atoms with Crippen LogP contribution in [0.15, 0.2) is 12.3 Å². The van der Waals surface area contributed by atoms with Gasteiger partial charge in [-0.1, -0.05) is 21.3 Å². The minimum absolute atomic E-state index is 0. The average molecular weight is 170 g/mol. The predicted molar refractivity (Wildman–Crippen MR) is 51.4 cm³/mol. The zero-order chi connectivity index (χ0) is 8.69. The van der Waals surface area contributed by atoms with Gasteiger partial charge in [-0.2, -0.15) is 0 Å². The van der Waals surface area contributed by atoms with E-state index >= 15 is 0 Å². The van der Waals surface area contributed by atoms with Crippen molar-refractivity contribution >= 4 is 0 Å². The summed E-state index contributed by atoms with van der Waals surface area (Å²) in [6.07, 6.45) is 1.67. The summed E-state index contributed by atoms with van der Waals surface area (Å²) >= 11 is 0. The fraction of sp³-hybridized carbons (Fsp3) is 0.556. The molecule has 0 aliphatic heterocycles. The molecule has 0 aliphatic rings. The molecule has 12 heavy (non-hydrogen) atoms. The number of methoxy groups -OCH3 is 1. The minimum Gasteiger partial charge on any atom is -0.467 e. The van der Waals surface area contributed by atoms with Crippen LogP contribution in [0.3, 0.4) is 0 Å². The molecular formula is C9H18N2O. The summed E-state index contributed by atoms with van der Waals surface area (Å²) in [5.41, 5.74) is 0.918. The zero-order valence-electron chi connectivity index (χ0n) is 7.46. The molecule has 0 unspecified atom stereocenters. The number of aromatic nitrogens is 2. The van der Waals surface area contributed by atoms with Gasteiger partial charge in [-0.3, -0.25) is 0 Å². The molecule has 0 fully saturated rings. The third-order valence-corrected chi connectivity index (χ3v) is 0.955. The van der Waals surface area contributed by atoms with Crippen molar-refractivity contribution in [3.05, 3.63) is 18.0 Å². The smallest absolute Gasteiger partial charge is 0.316 e. The fourth-order valence-corrected chi connectivity index (χ4v) is 0.524. The maximum atomic E-state index is 4.77. The molecule has 0 amide bonds. The molecule has 1 aromatic rings. The second kappa shape index (κ2) is 7.98. The average Bonchev–Trinajstić information content (AvgIpc) is 2.08. The van der Waals surface area contributed by atoms with Crippen molar-refractivity contribution in [3.63, 3.8) is 0 Å². The lowest BCUT2D eigenvalue weighted by molar-refractivity contribution is 0.378. The number of nitrogens with zero attached hydrogens (tertiary/aromatic N) is 2. The van der Waals surface area contributed by atoms with E-state index in [0.29, 0.717) is 6.01 Å². The monoisotopic (exact) mass is 170 g/mol. The van der Waals surface area contributed by atoms with Gasteiger partial charge in [0.15, 0.2) is 0 Å². The van der Waals surface area contributed by atoms with Gasteiger partial charge in [-0.05, 0) is 13.0 Å². The van der Waals surface area contributed by atoms with Crippen LogP contribution >= 0.6 is 0 Å². The lowest BCUT2D eigenvalue weighted by Gasteiger charge is -1.95. The van der Waals surface area contributed by atoms with E-state index in [0.717, 1.165) is 5.69 Å². The molecule has 3 nitrogen and oxygen atoms in total. The fourth-order valence-electron chi connectivity index (χ4n) is 0.524. The van der Waals surface area contributed by atoms with E-state index in [1.807, 2.05) is 26.8 Å². The van der Waals surface area contributed by atoms with E-state index in [9.17, 15) is 0 Å². The molecule has 3 heteroatoms. The number of aryl methyl sites for hydroxylation is 1. The molecule has 0 aliphatic carbocycles. The van der Waals surface area contributed by atoms with Gasteiger partial charge in [0.1, 0.15) is 0 Å². The summed E-state index contributed by atoms with van der Waals surface area (Å²) < 4.78 is 4.77. The van der Waals surface area contributed by atoms with Crippen molar-refractivity contribution < 1.29 is 4.74 Å². The van der Waals surface area contributed by atoms with E-state index in [1.165, 1.54) is 0 Å². The highest BCUT2D eigenvalue weighted by molar-refractivity contribution is 5.02. The largest absolute Gasteiger partial charge is 0.467 e. The Balaban J connectivity index is 0. The zero-order valence-corrected chi connectivity index (χ0v) is 7.46. The van der Waals surface area contributed by atoms with Gasteiger partial charge < -0.3 is 4.74 Å². The highest BCUT2D eigenvalue weighted by Crippen LogP contribution is 1.98. The first kappa shape index (κ1) is 13.5. The third-order valence-electron chi connectivity index (χ3n) is 0.955. The summed E-state index contributed by atoms with van der Waals surface area (Å²) in [6.45, 7) is 5.89. The number of ether oxygens (including phenoxy) is 1. The Kier molecular flexibility index (Phi) is 8.96. The first-order valence-electron chi connectivity index (χ1n) is 3.66. The lowest BCUT2D eigenvalue weighted by atomic mass is 10.5. The van der Waals surface area contributed by atoms with Crippen molar-refractivity contribution in [2.24, 2.45) is 0 Å². The van der Waals surface area contributed by atoms with E-state index in [1.54, 1.807) is 13.3 Å². The van der Waals surface area contributed by atoms with E-state index in [2.05, 4.69) is 9.97 Å². The highest BCUT2D eigenvalue weighted by atomic mass is 16.5. The second-order valence-electron chi connectivity index (χ2n) is 1.68. The van der Waals surface area contributed by atoms with Crippen molar-refractivity contribution in [3.8, 4) is 6.01 Å². The van der Waals surface area contributed by atoms with Crippen LogP contribution in [0.5, 0.6) is 6.01 Å². The van der Waals surface area contributed by atoms with Gasteiger partial charge in [0.05, 0.1) is 7.11 Å². The molecule has 1 rings (SSSR count). The number of hydrogen-bond acceptors (Lipinski definition) is 3. The summed E-state index contributed by atoms with van der Waals surface area (Å²) in [6, 6.07) is 2.25. The third kappa shape index (κ3) is 4.66. The van der Waals surface area contributed by atoms with E-state index in [4.69, 9.17) is 4.74 Å². The van der Waals surface area contributed by atoms with Gasteiger partial charge in [0.2, 0.25) is 0 Å². The Hall–Kier alpha value is -1.12. The topological polar surface area (TPSA) is 35.0 Å². The Morgan fingerprint density at radius 2 is 1.92 bits per heavy atom. The molecule has 0 spiro atoms. The molecule has 70 valence electrons. The molecule has 0 bridgehead atoms. The quantitative estimate of drug-likeness (QED) is 0.649. The van der Waals surface area contributed by atoms with Crippen molar-refractivity contribution in [1.82, 2.24) is 9.97 Å². The van der Waals surface area contributed by atoms with Crippen molar-refractivity contribution in [2.75, 3.05) is 7.11 Å². The molecule has 0 aromatic carbocycles. The standard InChI is InChI=1S/C6H8N2O.C2H6.CH4/c1-5-3-4-7-6(8-5)9-2;1-2;/h3-4H,1-2H3;1-2H3;1H4. The molecule has 0 N–H and O–H groups in total. The van der Waals surface area contributed by atoms with Crippen LogP contribution in [0.4, 0.5) is 0 Å². The van der Waals surface area contributed by atoms with Crippen LogP contribution in [-0.4, -0.2) is 17.1 Å². The molecule has 0 atom stereocenters. The normalized spacial score (nSPS) is 7.33. The summed E-state index contributed by atoms with van der Waals surface area (Å²) in [4.78, 5) is 7.78. The summed E-state index contributed by atoms with van der Waals surface area (Å²) in [5.74, 6) is 0. The van der Waals surface area contributed by atoms with Gasteiger partial charge in [-0.25, -0.2) is 9.97 Å². The highest BCUT2D eigenvalue weighted by Gasteiger charge is 1.90. The molecule has 0 saturated carbocycles. The van der Waals surface area contributed by atoms with Crippen molar-refractivity contribution in [1.29, 1.82) is 0 Å². The summed E-state index contributed by atoms with van der Waals surface area (Å²) in [5, 5.41) is 0. The Bertz CT molecular complexity index is 201. The van der Waals surface area contributed by atoms with Crippen LogP contribution in [0, 0.1) is 6.92 Å². The Labute approximate surface area is 74.8 Å². The van der Waals surface area contributed by atoms with E-state index in [-0.39, 0.29) is 7.43 Å². The van der Waals surface area contributed by atoms with Gasteiger partial charge in [0.25, 0.3) is 0 Å². The predicted octanol–water partition coefficient (Wildman–Crippen LogP) is 2.46. The van der Waals surface area contributed by atoms with Crippen LogP contribution < -0.4 is 4.74 Å². The second-order valence-corrected chi connectivity index (χ2v) is 1.68. The van der Waals surface area contributed by atoms with Crippen LogP contribution in [0.2, 0.25) is 0 Å². The first-order valence-corrected chi connectivity index (χ1v) is 3.66. The van der Waals surface area contributed by atoms with Crippen LogP contribution in [0.1, 0.15) is 27.0 Å². The van der Waals surface area contributed by atoms with Gasteiger partial charge >= 0.3 is 6.01 Å². The molecule has 1 aromatic heterocycles. The number of rotatable bonds is 1. The molecule has 1 heterocycles. The molecule has 0 radical (unpaired) electrons. The maximum Gasteiger partial charge on any atom is 0.316 e.